The fourth-order valence-corrected chi connectivity index (χ4v) is 7.06. The van der Waals surface area contributed by atoms with Crippen molar-refractivity contribution in [3.8, 4) is 5.75 Å². The molecule has 0 saturated heterocycles. The van der Waals surface area contributed by atoms with Gasteiger partial charge in [0.2, 0.25) is 0 Å². The number of carbonyl (C=O) groups excluding carboxylic acids is 1. The minimum Gasteiger partial charge on any atom is -0.493 e. The van der Waals surface area contributed by atoms with E-state index in [9.17, 15) is 19.1 Å². The van der Waals surface area contributed by atoms with Gasteiger partial charge in [-0.1, -0.05) is 6.92 Å². The summed E-state index contributed by atoms with van der Waals surface area (Å²) in [6, 6.07) is 3.04. The molecule has 4 bridgehead atoms. The lowest BCUT2D eigenvalue weighted by Gasteiger charge is -2.56. The molecule has 0 radical (unpaired) electrons. The van der Waals surface area contributed by atoms with Gasteiger partial charge < -0.3 is 9.84 Å². The molecule has 0 heterocycles. The third kappa shape index (κ3) is 4.12. The third-order valence-corrected chi connectivity index (χ3v) is 8.39. The standard InChI is InChI=1S/C26H33FO4/c1-2-18(25(29)30)8-23(28)21-9-20(19-3-4-19)24(10-22(21)27)31-14-26-11-15-5-16(12-26)7-17(6-15)13-26/h9-10,15-19H,2-8,11-14H2,1H3,(H,29,30)/t15?,16?,17?,18-,26?/m1/s1. The molecule has 5 fully saturated rings. The summed E-state index contributed by atoms with van der Waals surface area (Å²) in [6.45, 7) is 2.39. The molecule has 0 aromatic heterocycles. The second-order valence-electron chi connectivity index (χ2n) is 10.9. The lowest BCUT2D eigenvalue weighted by Crippen LogP contribution is -2.48. The van der Waals surface area contributed by atoms with Crippen LogP contribution in [-0.2, 0) is 4.79 Å². The second-order valence-corrected chi connectivity index (χ2v) is 10.9. The number of ether oxygens (including phenoxy) is 1. The van der Waals surface area contributed by atoms with Gasteiger partial charge >= 0.3 is 5.97 Å². The monoisotopic (exact) mass is 428 g/mol. The summed E-state index contributed by atoms with van der Waals surface area (Å²) in [5, 5.41) is 9.26. The molecule has 1 aromatic rings. The van der Waals surface area contributed by atoms with Crippen molar-refractivity contribution in [3.05, 3.63) is 29.1 Å². The number of hydrogen-bond acceptors (Lipinski definition) is 3. The van der Waals surface area contributed by atoms with E-state index >= 15 is 0 Å². The van der Waals surface area contributed by atoms with Gasteiger partial charge in [-0.25, -0.2) is 4.39 Å². The number of rotatable bonds is 9. The quantitative estimate of drug-likeness (QED) is 0.491. The lowest BCUT2D eigenvalue weighted by molar-refractivity contribution is -0.141. The fourth-order valence-electron chi connectivity index (χ4n) is 7.06. The first-order chi connectivity index (χ1) is 14.9. The number of aliphatic carboxylic acids is 1. The van der Waals surface area contributed by atoms with E-state index in [1.54, 1.807) is 13.0 Å². The van der Waals surface area contributed by atoms with Crippen molar-refractivity contribution in [2.75, 3.05) is 6.61 Å². The van der Waals surface area contributed by atoms with Gasteiger partial charge in [0.25, 0.3) is 0 Å². The maximum atomic E-state index is 15.0. The van der Waals surface area contributed by atoms with Crippen LogP contribution in [-0.4, -0.2) is 23.5 Å². The van der Waals surface area contributed by atoms with Gasteiger partial charge in [-0.3, -0.25) is 9.59 Å². The van der Waals surface area contributed by atoms with E-state index in [-0.39, 0.29) is 17.4 Å². The molecule has 31 heavy (non-hydrogen) atoms. The number of benzene rings is 1. The summed E-state index contributed by atoms with van der Waals surface area (Å²) in [4.78, 5) is 24.0. The molecular weight excluding hydrogens is 395 g/mol. The third-order valence-electron chi connectivity index (χ3n) is 8.39. The van der Waals surface area contributed by atoms with Gasteiger partial charge in [0, 0.05) is 17.9 Å². The van der Waals surface area contributed by atoms with Crippen LogP contribution < -0.4 is 4.74 Å². The molecule has 0 aliphatic heterocycles. The van der Waals surface area contributed by atoms with E-state index in [4.69, 9.17) is 4.74 Å². The highest BCUT2D eigenvalue weighted by atomic mass is 19.1. The van der Waals surface area contributed by atoms with Crippen LogP contribution in [0.25, 0.3) is 0 Å². The predicted molar refractivity (Wildman–Crippen MR) is 115 cm³/mol. The maximum Gasteiger partial charge on any atom is 0.306 e. The average Bonchev–Trinajstić information content (AvgIpc) is 3.54. The molecule has 0 unspecified atom stereocenters. The normalized spacial score (nSPS) is 32.1. The van der Waals surface area contributed by atoms with Crippen LogP contribution in [0.1, 0.15) is 93.0 Å². The van der Waals surface area contributed by atoms with Crippen LogP contribution in [0.15, 0.2) is 12.1 Å². The van der Waals surface area contributed by atoms with Gasteiger partial charge in [0.1, 0.15) is 11.6 Å². The number of hydrogen-bond donors (Lipinski definition) is 1. The highest BCUT2D eigenvalue weighted by molar-refractivity contribution is 5.98. The van der Waals surface area contributed by atoms with Crippen LogP contribution in [0.4, 0.5) is 4.39 Å². The van der Waals surface area contributed by atoms with Crippen LogP contribution in [0.2, 0.25) is 0 Å². The zero-order chi connectivity index (χ0) is 21.8. The van der Waals surface area contributed by atoms with E-state index in [2.05, 4.69) is 0 Å². The van der Waals surface area contributed by atoms with Crippen LogP contribution >= 0.6 is 0 Å². The Kier molecular flexibility index (Phi) is 5.34. The molecule has 0 amide bonds. The zero-order valence-corrected chi connectivity index (χ0v) is 18.4. The molecule has 1 N–H and O–H groups in total. The van der Waals surface area contributed by atoms with Gasteiger partial charge in [-0.05, 0) is 93.1 Å². The van der Waals surface area contributed by atoms with Crippen molar-refractivity contribution in [2.45, 2.75) is 77.0 Å². The van der Waals surface area contributed by atoms with Gasteiger partial charge in [0.05, 0.1) is 18.1 Å². The number of carbonyl (C=O) groups is 2. The maximum absolute atomic E-state index is 15.0. The van der Waals surface area contributed by atoms with Crippen molar-refractivity contribution in [1.82, 2.24) is 0 Å². The first-order valence-electron chi connectivity index (χ1n) is 12.1. The SMILES string of the molecule is CC[C@H](CC(=O)c1cc(C2CC2)c(OCC23CC4CC(CC(C4)C2)C3)cc1F)C(=O)O. The molecule has 4 nitrogen and oxygen atoms in total. The van der Waals surface area contributed by atoms with Crippen LogP contribution in [0.3, 0.4) is 0 Å². The zero-order valence-electron chi connectivity index (χ0n) is 18.4. The first-order valence-corrected chi connectivity index (χ1v) is 12.1. The number of ketones is 1. The average molecular weight is 429 g/mol. The summed E-state index contributed by atoms with van der Waals surface area (Å²) in [7, 11) is 0. The summed E-state index contributed by atoms with van der Waals surface area (Å²) in [5.74, 6) is 0.646. The highest BCUT2D eigenvalue weighted by Gasteiger charge is 2.51. The van der Waals surface area contributed by atoms with E-state index in [1.165, 1.54) is 44.6 Å². The molecule has 0 spiro atoms. The molecule has 168 valence electrons. The summed E-state index contributed by atoms with van der Waals surface area (Å²) < 4.78 is 21.3. The molecule has 1 aromatic carbocycles. The molecule has 6 rings (SSSR count). The van der Waals surface area contributed by atoms with E-state index in [0.717, 1.165) is 36.2 Å². The second kappa shape index (κ2) is 7.90. The van der Waals surface area contributed by atoms with Gasteiger partial charge in [-0.2, -0.15) is 0 Å². The first kappa shape index (κ1) is 21.0. The minimum absolute atomic E-state index is 0.0174. The number of carboxylic acids is 1. The molecule has 5 heteroatoms. The van der Waals surface area contributed by atoms with E-state index < -0.39 is 23.5 Å². The van der Waals surface area contributed by atoms with Crippen molar-refractivity contribution >= 4 is 11.8 Å². The molecule has 5 saturated carbocycles. The Morgan fingerprint density at radius 3 is 2.26 bits per heavy atom. The molecule has 1 atom stereocenters. The van der Waals surface area contributed by atoms with E-state index in [0.29, 0.717) is 24.7 Å². The summed E-state index contributed by atoms with van der Waals surface area (Å²) in [5.41, 5.74) is 1.19. The Balaban J connectivity index is 1.34. The molecular formula is C26H33FO4. The van der Waals surface area contributed by atoms with Gasteiger partial charge in [-0.15, -0.1) is 0 Å². The Morgan fingerprint density at radius 1 is 1.13 bits per heavy atom. The molecule has 5 aliphatic rings. The van der Waals surface area contributed by atoms with Crippen molar-refractivity contribution < 1.29 is 23.8 Å². The largest absolute Gasteiger partial charge is 0.493 e. The number of halogens is 1. The van der Waals surface area contributed by atoms with Gasteiger partial charge in [0.15, 0.2) is 5.78 Å². The Labute approximate surface area is 183 Å². The van der Waals surface area contributed by atoms with Crippen molar-refractivity contribution in [2.24, 2.45) is 29.1 Å². The Morgan fingerprint density at radius 2 is 1.74 bits per heavy atom. The van der Waals surface area contributed by atoms with Crippen LogP contribution in [0.5, 0.6) is 5.75 Å². The summed E-state index contributed by atoms with van der Waals surface area (Å²) in [6.07, 6.45) is 10.1. The Hall–Kier alpha value is -1.91. The van der Waals surface area contributed by atoms with Crippen molar-refractivity contribution in [3.63, 3.8) is 0 Å². The summed E-state index contributed by atoms with van der Waals surface area (Å²) >= 11 is 0. The topological polar surface area (TPSA) is 63.6 Å². The fraction of sp³-hybridized carbons (Fsp3) is 0.692. The minimum atomic E-state index is -1.01. The van der Waals surface area contributed by atoms with Crippen molar-refractivity contribution in [1.29, 1.82) is 0 Å². The smallest absolute Gasteiger partial charge is 0.306 e. The van der Waals surface area contributed by atoms with Crippen LogP contribution in [0, 0.1) is 34.9 Å². The number of Topliss-reactive ketones (excluding diaryl/α,β-unsaturated/α-hetero) is 1. The lowest BCUT2D eigenvalue weighted by atomic mass is 9.50. The highest BCUT2D eigenvalue weighted by Crippen LogP contribution is 2.60. The Bertz CT molecular complexity index is 852. The molecule has 5 aliphatic carbocycles. The van der Waals surface area contributed by atoms with E-state index in [1.807, 2.05) is 0 Å². The number of carboxylic acid groups (broad SMARTS) is 1. The predicted octanol–water partition coefficient (Wildman–Crippen LogP) is 5.98.